The van der Waals surface area contributed by atoms with E-state index in [0.717, 1.165) is 12.1 Å². The predicted molar refractivity (Wildman–Crippen MR) is 82.4 cm³/mol. The van der Waals surface area contributed by atoms with Gasteiger partial charge in [0.05, 0.1) is 23.4 Å². The molecule has 1 saturated carbocycles. The first-order valence-electron chi connectivity index (χ1n) is 7.17. The van der Waals surface area contributed by atoms with Crippen molar-refractivity contribution in [1.29, 1.82) is 0 Å². The molecule has 0 heterocycles. The van der Waals surface area contributed by atoms with Crippen LogP contribution in [0.5, 0.6) is 0 Å². The molecular weight excluding hydrogens is 274 g/mol. The summed E-state index contributed by atoms with van der Waals surface area (Å²) >= 11 is 6.23. The zero-order chi connectivity index (χ0) is 14.7. The molecule has 0 amide bonds. The topological polar surface area (TPSA) is 38.3 Å². The minimum atomic E-state index is -0.338. The highest BCUT2D eigenvalue weighted by Crippen LogP contribution is 2.33. The van der Waals surface area contributed by atoms with Gasteiger partial charge >= 0.3 is 5.97 Å². The first-order valence-corrected chi connectivity index (χ1v) is 7.55. The van der Waals surface area contributed by atoms with Crippen LogP contribution in [-0.4, -0.2) is 19.1 Å². The van der Waals surface area contributed by atoms with Gasteiger partial charge in [-0.05, 0) is 36.5 Å². The first-order chi connectivity index (χ1) is 9.52. The first kappa shape index (κ1) is 15.2. The Morgan fingerprint density at radius 2 is 2.10 bits per heavy atom. The van der Waals surface area contributed by atoms with Gasteiger partial charge in [0.25, 0.3) is 0 Å². The number of halogens is 1. The molecule has 4 heteroatoms. The van der Waals surface area contributed by atoms with Crippen LogP contribution in [0.15, 0.2) is 18.2 Å². The van der Waals surface area contributed by atoms with E-state index in [9.17, 15) is 4.79 Å². The summed E-state index contributed by atoms with van der Waals surface area (Å²) in [5.41, 5.74) is 1.34. The molecule has 0 radical (unpaired) electrons. The van der Waals surface area contributed by atoms with E-state index in [1.54, 1.807) is 18.2 Å². The quantitative estimate of drug-likeness (QED) is 0.842. The van der Waals surface area contributed by atoms with Gasteiger partial charge in [0, 0.05) is 6.04 Å². The fourth-order valence-electron chi connectivity index (χ4n) is 2.87. The standard InChI is InChI=1S/C16H22ClNO2/c1-10-5-4-6-14(11(10)2)18-15-9-12(16(19)20-3)7-8-13(15)17/h7-11,14,18H,4-6H2,1-3H3. The molecule has 0 aliphatic heterocycles. The Morgan fingerprint density at radius 3 is 2.80 bits per heavy atom. The molecule has 1 aliphatic carbocycles. The van der Waals surface area contributed by atoms with Gasteiger partial charge in [0.2, 0.25) is 0 Å². The number of esters is 1. The van der Waals surface area contributed by atoms with E-state index in [0.29, 0.717) is 28.5 Å². The number of carbonyl (C=O) groups is 1. The largest absolute Gasteiger partial charge is 0.465 e. The molecule has 1 N–H and O–H groups in total. The van der Waals surface area contributed by atoms with Crippen LogP contribution in [0.2, 0.25) is 5.02 Å². The monoisotopic (exact) mass is 295 g/mol. The summed E-state index contributed by atoms with van der Waals surface area (Å²) in [4.78, 5) is 11.6. The molecule has 3 unspecified atom stereocenters. The van der Waals surface area contributed by atoms with Crippen molar-refractivity contribution >= 4 is 23.3 Å². The van der Waals surface area contributed by atoms with Crippen molar-refractivity contribution in [3.8, 4) is 0 Å². The van der Waals surface area contributed by atoms with Crippen LogP contribution in [0.3, 0.4) is 0 Å². The summed E-state index contributed by atoms with van der Waals surface area (Å²) in [5, 5.41) is 4.15. The van der Waals surface area contributed by atoms with E-state index < -0.39 is 0 Å². The molecule has 110 valence electrons. The minimum Gasteiger partial charge on any atom is -0.465 e. The number of hydrogen-bond donors (Lipinski definition) is 1. The molecule has 1 fully saturated rings. The van der Waals surface area contributed by atoms with Gasteiger partial charge < -0.3 is 10.1 Å². The number of carbonyl (C=O) groups excluding carboxylic acids is 1. The Hall–Kier alpha value is -1.22. The molecule has 2 rings (SSSR count). The fraction of sp³-hybridized carbons (Fsp3) is 0.562. The van der Waals surface area contributed by atoms with Crippen LogP contribution >= 0.6 is 11.6 Å². The van der Waals surface area contributed by atoms with Crippen LogP contribution in [0.4, 0.5) is 5.69 Å². The minimum absolute atomic E-state index is 0.338. The molecule has 1 aliphatic rings. The average Bonchev–Trinajstić information content (AvgIpc) is 2.45. The summed E-state index contributed by atoms with van der Waals surface area (Å²) < 4.78 is 4.75. The molecule has 3 atom stereocenters. The lowest BCUT2D eigenvalue weighted by molar-refractivity contribution is 0.0601. The van der Waals surface area contributed by atoms with Gasteiger partial charge in [-0.1, -0.05) is 38.3 Å². The number of anilines is 1. The van der Waals surface area contributed by atoms with Gasteiger partial charge in [0.15, 0.2) is 0 Å². The Morgan fingerprint density at radius 1 is 1.35 bits per heavy atom. The van der Waals surface area contributed by atoms with Gasteiger partial charge in [-0.25, -0.2) is 4.79 Å². The molecule has 1 aromatic carbocycles. The highest BCUT2D eigenvalue weighted by atomic mass is 35.5. The van der Waals surface area contributed by atoms with Crippen molar-refractivity contribution in [1.82, 2.24) is 0 Å². The van der Waals surface area contributed by atoms with Crippen molar-refractivity contribution in [2.75, 3.05) is 12.4 Å². The zero-order valence-electron chi connectivity index (χ0n) is 12.3. The lowest BCUT2D eigenvalue weighted by Gasteiger charge is -2.35. The summed E-state index contributed by atoms with van der Waals surface area (Å²) in [5.74, 6) is 0.972. The zero-order valence-corrected chi connectivity index (χ0v) is 13.0. The normalized spacial score (nSPS) is 26.1. The highest BCUT2D eigenvalue weighted by molar-refractivity contribution is 6.33. The van der Waals surface area contributed by atoms with Crippen molar-refractivity contribution in [3.05, 3.63) is 28.8 Å². The van der Waals surface area contributed by atoms with Crippen LogP contribution in [0.25, 0.3) is 0 Å². The Labute approximate surface area is 125 Å². The second kappa shape index (κ2) is 6.49. The van der Waals surface area contributed by atoms with Crippen LogP contribution in [0, 0.1) is 11.8 Å². The van der Waals surface area contributed by atoms with Crippen LogP contribution in [0.1, 0.15) is 43.5 Å². The average molecular weight is 296 g/mol. The van der Waals surface area contributed by atoms with E-state index in [1.807, 2.05) is 0 Å². The number of nitrogens with one attached hydrogen (secondary N) is 1. The SMILES string of the molecule is COC(=O)c1ccc(Cl)c(NC2CCCC(C)C2C)c1. The summed E-state index contributed by atoms with van der Waals surface area (Å²) in [6.07, 6.45) is 3.66. The van der Waals surface area contributed by atoms with Gasteiger partial charge in [-0.3, -0.25) is 0 Å². The van der Waals surface area contributed by atoms with E-state index in [1.165, 1.54) is 20.0 Å². The van der Waals surface area contributed by atoms with Crippen molar-refractivity contribution in [2.45, 2.75) is 39.2 Å². The maximum absolute atomic E-state index is 11.6. The fourth-order valence-corrected chi connectivity index (χ4v) is 3.04. The molecular formula is C16H22ClNO2. The number of rotatable bonds is 3. The van der Waals surface area contributed by atoms with E-state index >= 15 is 0 Å². The molecule has 0 bridgehead atoms. The third kappa shape index (κ3) is 3.26. The summed E-state index contributed by atoms with van der Waals surface area (Å²) in [7, 11) is 1.38. The summed E-state index contributed by atoms with van der Waals surface area (Å²) in [6.45, 7) is 4.57. The van der Waals surface area contributed by atoms with E-state index in [4.69, 9.17) is 16.3 Å². The summed E-state index contributed by atoms with van der Waals surface area (Å²) in [6, 6.07) is 5.61. The Kier molecular flexibility index (Phi) is 4.92. The third-order valence-corrected chi connectivity index (χ3v) is 4.76. The van der Waals surface area contributed by atoms with Gasteiger partial charge in [-0.15, -0.1) is 0 Å². The lowest BCUT2D eigenvalue weighted by atomic mass is 9.78. The predicted octanol–water partition coefficient (Wildman–Crippen LogP) is 4.36. The molecule has 0 spiro atoms. The van der Waals surface area contributed by atoms with Crippen LogP contribution < -0.4 is 5.32 Å². The van der Waals surface area contributed by atoms with Crippen molar-refractivity contribution in [2.24, 2.45) is 11.8 Å². The number of hydrogen-bond acceptors (Lipinski definition) is 3. The van der Waals surface area contributed by atoms with Gasteiger partial charge in [-0.2, -0.15) is 0 Å². The smallest absolute Gasteiger partial charge is 0.337 e. The van der Waals surface area contributed by atoms with Crippen molar-refractivity contribution < 1.29 is 9.53 Å². The number of ether oxygens (including phenoxy) is 1. The number of methoxy groups -OCH3 is 1. The second-order valence-corrected chi connectivity index (χ2v) is 6.11. The molecule has 1 aromatic rings. The second-order valence-electron chi connectivity index (χ2n) is 5.70. The number of benzene rings is 1. The molecule has 20 heavy (non-hydrogen) atoms. The highest BCUT2D eigenvalue weighted by Gasteiger charge is 2.27. The molecule has 0 aromatic heterocycles. The maximum Gasteiger partial charge on any atom is 0.337 e. The van der Waals surface area contributed by atoms with E-state index in [-0.39, 0.29) is 5.97 Å². The Bertz CT molecular complexity index is 489. The third-order valence-electron chi connectivity index (χ3n) is 4.44. The lowest BCUT2D eigenvalue weighted by Crippen LogP contribution is -2.35. The van der Waals surface area contributed by atoms with E-state index in [2.05, 4.69) is 19.2 Å². The molecule has 0 saturated heterocycles. The Balaban J connectivity index is 2.17. The molecule has 3 nitrogen and oxygen atoms in total. The van der Waals surface area contributed by atoms with Crippen LogP contribution in [-0.2, 0) is 4.74 Å². The van der Waals surface area contributed by atoms with Crippen molar-refractivity contribution in [3.63, 3.8) is 0 Å². The van der Waals surface area contributed by atoms with Gasteiger partial charge in [0.1, 0.15) is 0 Å². The maximum atomic E-state index is 11.6.